The molecule has 0 radical (unpaired) electrons. The fourth-order valence-corrected chi connectivity index (χ4v) is 2.49. The Kier molecular flexibility index (Phi) is 6.52. The first kappa shape index (κ1) is 14.5. The molecule has 100 valence electrons. The summed E-state index contributed by atoms with van der Waals surface area (Å²) in [5, 5.41) is 0. The molecule has 2 N–H and O–H groups in total. The highest BCUT2D eigenvalue weighted by Crippen LogP contribution is 2.19. The van der Waals surface area contributed by atoms with E-state index in [1.807, 2.05) is 6.92 Å². The molecule has 1 rings (SSSR count). The predicted molar refractivity (Wildman–Crippen MR) is 68.7 cm³/mol. The molecule has 1 saturated heterocycles. The molecule has 0 amide bonds. The molecule has 2 atom stereocenters. The van der Waals surface area contributed by atoms with E-state index in [1.54, 1.807) is 0 Å². The van der Waals surface area contributed by atoms with Gasteiger partial charge >= 0.3 is 5.97 Å². The molecule has 1 fully saturated rings. The molecule has 0 aromatic carbocycles. The lowest BCUT2D eigenvalue weighted by atomic mass is 9.99. The number of likely N-dealkylation sites (tertiary alicyclic amines) is 1. The van der Waals surface area contributed by atoms with Gasteiger partial charge < -0.3 is 15.4 Å². The molecule has 0 aromatic heterocycles. The third-order valence-electron chi connectivity index (χ3n) is 3.54. The van der Waals surface area contributed by atoms with Crippen LogP contribution in [-0.2, 0) is 9.53 Å². The Morgan fingerprint density at radius 3 is 2.88 bits per heavy atom. The zero-order valence-electron chi connectivity index (χ0n) is 11.2. The molecule has 0 saturated carbocycles. The highest BCUT2D eigenvalue weighted by molar-refractivity contribution is 5.75. The van der Waals surface area contributed by atoms with E-state index in [2.05, 4.69) is 11.8 Å². The Bertz CT molecular complexity index is 233. The largest absolute Gasteiger partial charge is 0.465 e. The number of ether oxygens (including phenoxy) is 1. The minimum Gasteiger partial charge on any atom is -0.465 e. The second-order valence-corrected chi connectivity index (χ2v) is 4.74. The summed E-state index contributed by atoms with van der Waals surface area (Å²) >= 11 is 0. The number of hydrogen-bond acceptors (Lipinski definition) is 4. The molecule has 2 unspecified atom stereocenters. The van der Waals surface area contributed by atoms with Gasteiger partial charge in [-0.15, -0.1) is 0 Å². The van der Waals surface area contributed by atoms with Crippen molar-refractivity contribution in [2.45, 2.75) is 58.0 Å². The van der Waals surface area contributed by atoms with Gasteiger partial charge in [0.25, 0.3) is 0 Å². The lowest BCUT2D eigenvalue weighted by Crippen LogP contribution is -2.43. The van der Waals surface area contributed by atoms with Crippen LogP contribution >= 0.6 is 0 Å². The van der Waals surface area contributed by atoms with E-state index in [4.69, 9.17) is 10.5 Å². The third-order valence-corrected chi connectivity index (χ3v) is 3.54. The van der Waals surface area contributed by atoms with Gasteiger partial charge in [0.1, 0.15) is 6.04 Å². The van der Waals surface area contributed by atoms with Gasteiger partial charge in [-0.2, -0.15) is 0 Å². The molecule has 0 spiro atoms. The van der Waals surface area contributed by atoms with Gasteiger partial charge in [0.05, 0.1) is 6.61 Å². The first-order chi connectivity index (χ1) is 8.19. The van der Waals surface area contributed by atoms with Crippen LogP contribution < -0.4 is 5.73 Å². The topological polar surface area (TPSA) is 55.6 Å². The summed E-state index contributed by atoms with van der Waals surface area (Å²) in [6.45, 7) is 6.51. The molecule has 0 bridgehead atoms. The van der Waals surface area contributed by atoms with Crippen LogP contribution in [0.2, 0.25) is 0 Å². The van der Waals surface area contributed by atoms with Crippen molar-refractivity contribution in [2.75, 3.05) is 19.7 Å². The summed E-state index contributed by atoms with van der Waals surface area (Å²) in [5.74, 6) is -0.266. The SMILES string of the molecule is CCOC(=O)C(N)CCN1CCCCC1CC. The van der Waals surface area contributed by atoms with Crippen LogP contribution in [0.15, 0.2) is 0 Å². The smallest absolute Gasteiger partial charge is 0.322 e. The normalized spacial score (nSPS) is 23.4. The number of piperidine rings is 1. The van der Waals surface area contributed by atoms with Crippen LogP contribution in [0.4, 0.5) is 0 Å². The minimum absolute atomic E-state index is 0.266. The monoisotopic (exact) mass is 242 g/mol. The zero-order valence-corrected chi connectivity index (χ0v) is 11.2. The number of carbonyl (C=O) groups is 1. The summed E-state index contributed by atoms with van der Waals surface area (Å²) in [6, 6.07) is 0.215. The lowest BCUT2D eigenvalue weighted by Gasteiger charge is -2.35. The fraction of sp³-hybridized carbons (Fsp3) is 0.923. The molecule has 17 heavy (non-hydrogen) atoms. The summed E-state index contributed by atoms with van der Waals surface area (Å²) < 4.78 is 4.91. The van der Waals surface area contributed by atoms with Crippen LogP contribution in [0, 0.1) is 0 Å². The summed E-state index contributed by atoms with van der Waals surface area (Å²) in [4.78, 5) is 13.9. The molecule has 1 heterocycles. The molecule has 1 aliphatic rings. The lowest BCUT2D eigenvalue weighted by molar-refractivity contribution is -0.144. The fourth-order valence-electron chi connectivity index (χ4n) is 2.49. The summed E-state index contributed by atoms with van der Waals surface area (Å²) in [6.07, 6.45) is 5.78. The summed E-state index contributed by atoms with van der Waals surface area (Å²) in [5.41, 5.74) is 5.81. The Morgan fingerprint density at radius 2 is 2.24 bits per heavy atom. The van der Waals surface area contributed by atoms with Gasteiger partial charge in [-0.1, -0.05) is 13.3 Å². The Morgan fingerprint density at radius 1 is 1.47 bits per heavy atom. The van der Waals surface area contributed by atoms with Crippen LogP contribution in [0.1, 0.15) is 46.0 Å². The maximum Gasteiger partial charge on any atom is 0.322 e. The van der Waals surface area contributed by atoms with Crippen molar-refractivity contribution in [3.63, 3.8) is 0 Å². The summed E-state index contributed by atoms with van der Waals surface area (Å²) in [7, 11) is 0. The first-order valence-electron chi connectivity index (χ1n) is 6.85. The molecule has 4 nitrogen and oxygen atoms in total. The van der Waals surface area contributed by atoms with Crippen LogP contribution in [0.5, 0.6) is 0 Å². The van der Waals surface area contributed by atoms with E-state index in [0.29, 0.717) is 19.1 Å². The average Bonchev–Trinajstić information content (AvgIpc) is 2.36. The Balaban J connectivity index is 2.30. The van der Waals surface area contributed by atoms with Crippen molar-refractivity contribution in [2.24, 2.45) is 5.73 Å². The molecule has 4 heteroatoms. The highest BCUT2D eigenvalue weighted by Gasteiger charge is 2.22. The van der Waals surface area contributed by atoms with Crippen molar-refractivity contribution < 1.29 is 9.53 Å². The first-order valence-corrected chi connectivity index (χ1v) is 6.85. The van der Waals surface area contributed by atoms with Gasteiger partial charge in [0.15, 0.2) is 0 Å². The van der Waals surface area contributed by atoms with Crippen molar-refractivity contribution in [1.29, 1.82) is 0 Å². The Hall–Kier alpha value is -0.610. The third kappa shape index (κ3) is 4.64. The van der Waals surface area contributed by atoms with E-state index in [9.17, 15) is 4.79 Å². The second kappa shape index (κ2) is 7.67. The van der Waals surface area contributed by atoms with Gasteiger partial charge in [-0.25, -0.2) is 0 Å². The van der Waals surface area contributed by atoms with Crippen LogP contribution in [0.25, 0.3) is 0 Å². The molecule has 1 aliphatic heterocycles. The van der Waals surface area contributed by atoms with E-state index in [0.717, 1.165) is 13.1 Å². The number of rotatable bonds is 6. The maximum atomic E-state index is 11.4. The van der Waals surface area contributed by atoms with E-state index in [-0.39, 0.29) is 5.97 Å². The van der Waals surface area contributed by atoms with Crippen LogP contribution in [0.3, 0.4) is 0 Å². The van der Waals surface area contributed by atoms with E-state index >= 15 is 0 Å². The molecule has 0 aromatic rings. The van der Waals surface area contributed by atoms with E-state index in [1.165, 1.54) is 25.7 Å². The van der Waals surface area contributed by atoms with Gasteiger partial charge in [0.2, 0.25) is 0 Å². The van der Waals surface area contributed by atoms with Crippen molar-refractivity contribution in [1.82, 2.24) is 4.90 Å². The standard InChI is InChI=1S/C13H26N2O2/c1-3-11-7-5-6-9-15(11)10-8-12(14)13(16)17-4-2/h11-12H,3-10,14H2,1-2H3. The number of hydrogen-bond donors (Lipinski definition) is 1. The average molecular weight is 242 g/mol. The highest BCUT2D eigenvalue weighted by atomic mass is 16.5. The van der Waals surface area contributed by atoms with Gasteiger partial charge in [0, 0.05) is 12.6 Å². The van der Waals surface area contributed by atoms with Gasteiger partial charge in [-0.3, -0.25) is 4.79 Å². The van der Waals surface area contributed by atoms with E-state index < -0.39 is 6.04 Å². The molecular formula is C13H26N2O2. The van der Waals surface area contributed by atoms with Crippen molar-refractivity contribution in [3.05, 3.63) is 0 Å². The Labute approximate surface area is 104 Å². The number of nitrogens with two attached hydrogens (primary N) is 1. The molecule has 0 aliphatic carbocycles. The van der Waals surface area contributed by atoms with Gasteiger partial charge in [-0.05, 0) is 39.2 Å². The molecular weight excluding hydrogens is 216 g/mol. The number of nitrogens with zero attached hydrogens (tertiary/aromatic N) is 1. The number of esters is 1. The van der Waals surface area contributed by atoms with Crippen molar-refractivity contribution in [3.8, 4) is 0 Å². The minimum atomic E-state index is -0.464. The zero-order chi connectivity index (χ0) is 12.7. The predicted octanol–water partition coefficient (Wildman–Crippen LogP) is 1.53. The number of carbonyl (C=O) groups excluding carboxylic acids is 1. The second-order valence-electron chi connectivity index (χ2n) is 4.74. The quantitative estimate of drug-likeness (QED) is 0.718. The maximum absolute atomic E-state index is 11.4. The van der Waals surface area contributed by atoms with Crippen molar-refractivity contribution >= 4 is 5.97 Å². The van der Waals surface area contributed by atoms with Crippen LogP contribution in [-0.4, -0.2) is 42.6 Å².